The van der Waals surface area contributed by atoms with Gasteiger partial charge in [-0.2, -0.15) is 0 Å². The van der Waals surface area contributed by atoms with Gasteiger partial charge in [-0.25, -0.2) is 9.69 Å². The van der Waals surface area contributed by atoms with Crippen molar-refractivity contribution in [3.63, 3.8) is 0 Å². The average Bonchev–Trinajstić information content (AvgIpc) is 3.17. The number of hydrogen-bond donors (Lipinski definition) is 1. The lowest BCUT2D eigenvalue weighted by Gasteiger charge is -2.11. The van der Waals surface area contributed by atoms with Crippen molar-refractivity contribution >= 4 is 40.6 Å². The van der Waals surface area contributed by atoms with Crippen molar-refractivity contribution in [1.82, 2.24) is 4.57 Å². The Kier molecular flexibility index (Phi) is 5.05. The summed E-state index contributed by atoms with van der Waals surface area (Å²) in [7, 11) is 0. The number of anilines is 1. The summed E-state index contributed by atoms with van der Waals surface area (Å²) in [5, 5.41) is 8.77. The van der Waals surface area contributed by atoms with Crippen LogP contribution >= 0.6 is 11.8 Å². The van der Waals surface area contributed by atoms with Crippen LogP contribution in [-0.2, 0) is 4.79 Å². The maximum atomic E-state index is 12.8. The number of imide groups is 1. The lowest BCUT2D eigenvalue weighted by molar-refractivity contribution is -0.113. The third kappa shape index (κ3) is 3.44. The van der Waals surface area contributed by atoms with E-state index in [-0.39, 0.29) is 16.7 Å². The summed E-state index contributed by atoms with van der Waals surface area (Å²) in [6.07, 6.45) is 1.73. The summed E-state index contributed by atoms with van der Waals surface area (Å²) in [6.45, 7) is 3.86. The Bertz CT molecular complexity index is 1190. The van der Waals surface area contributed by atoms with Crippen molar-refractivity contribution in [2.24, 2.45) is 0 Å². The molecule has 3 aromatic rings. The molecule has 0 aliphatic carbocycles. The average molecular weight is 418 g/mol. The van der Waals surface area contributed by atoms with Gasteiger partial charge < -0.3 is 9.67 Å². The second-order valence-electron chi connectivity index (χ2n) is 6.87. The molecule has 150 valence electrons. The van der Waals surface area contributed by atoms with Crippen LogP contribution in [0, 0.1) is 13.8 Å². The number of carbonyl (C=O) groups excluding carboxylic acids is 2. The molecule has 2 heterocycles. The third-order valence-electron chi connectivity index (χ3n) is 4.94. The molecule has 4 rings (SSSR count). The van der Waals surface area contributed by atoms with Crippen molar-refractivity contribution < 1.29 is 19.5 Å². The second-order valence-corrected chi connectivity index (χ2v) is 7.86. The first-order chi connectivity index (χ1) is 14.4. The highest BCUT2D eigenvalue weighted by Gasteiger charge is 2.36. The molecule has 1 aliphatic rings. The molecule has 0 saturated carbocycles. The van der Waals surface area contributed by atoms with E-state index >= 15 is 0 Å². The van der Waals surface area contributed by atoms with E-state index in [2.05, 4.69) is 0 Å². The molecule has 2 aromatic carbocycles. The summed E-state index contributed by atoms with van der Waals surface area (Å²) in [5.41, 5.74) is 4.25. The minimum atomic E-state index is -0.975. The number of carboxylic acids is 1. The van der Waals surface area contributed by atoms with E-state index in [1.807, 2.05) is 30.5 Å². The largest absolute Gasteiger partial charge is 0.478 e. The zero-order valence-corrected chi connectivity index (χ0v) is 17.1. The Morgan fingerprint density at radius 1 is 0.967 bits per heavy atom. The maximum Gasteiger partial charge on any atom is 0.335 e. The number of carboxylic acid groups (broad SMARTS) is 1. The van der Waals surface area contributed by atoms with Crippen molar-refractivity contribution in [3.8, 4) is 5.69 Å². The van der Waals surface area contributed by atoms with E-state index in [0.29, 0.717) is 10.6 Å². The van der Waals surface area contributed by atoms with Crippen LogP contribution in [0.1, 0.15) is 27.3 Å². The molecular weight excluding hydrogens is 400 g/mol. The minimum Gasteiger partial charge on any atom is -0.478 e. The Morgan fingerprint density at radius 2 is 1.63 bits per heavy atom. The van der Waals surface area contributed by atoms with E-state index in [1.54, 1.807) is 54.6 Å². The molecule has 0 bridgehead atoms. The molecule has 0 spiro atoms. The first-order valence-electron chi connectivity index (χ1n) is 9.22. The van der Waals surface area contributed by atoms with Crippen LogP contribution in [-0.4, -0.2) is 26.8 Å². The molecule has 7 heteroatoms. The summed E-state index contributed by atoms with van der Waals surface area (Å²) in [6, 6.07) is 17.4. The highest BCUT2D eigenvalue weighted by atomic mass is 32.2. The Balaban J connectivity index is 1.68. The topological polar surface area (TPSA) is 79.6 Å². The number of thioether (sulfide) groups is 1. The van der Waals surface area contributed by atoms with Crippen molar-refractivity contribution in [1.29, 1.82) is 0 Å². The lowest BCUT2D eigenvalue weighted by atomic mass is 10.2. The molecule has 30 heavy (non-hydrogen) atoms. The van der Waals surface area contributed by atoms with Gasteiger partial charge in [-0.3, -0.25) is 9.59 Å². The number of benzene rings is 2. The molecule has 2 amide bonds. The number of aryl methyl sites for hydroxylation is 1. The van der Waals surface area contributed by atoms with Gasteiger partial charge in [-0.15, -0.1) is 0 Å². The van der Waals surface area contributed by atoms with E-state index < -0.39 is 5.97 Å². The van der Waals surface area contributed by atoms with Gasteiger partial charge in [0.1, 0.15) is 0 Å². The standard InChI is InChI=1S/C23H18N2O4S/c1-14-12-17(15(2)24(14)19-10-8-16(9-11-19)22(27)28)13-20-21(26)25(23(29)30-20)18-6-4-3-5-7-18/h3-13H,1-2H3,(H,27,28)/b20-13+. The van der Waals surface area contributed by atoms with Gasteiger partial charge >= 0.3 is 5.97 Å². The van der Waals surface area contributed by atoms with Crippen molar-refractivity contribution in [2.45, 2.75) is 13.8 Å². The van der Waals surface area contributed by atoms with E-state index in [0.717, 1.165) is 34.4 Å². The predicted octanol–water partition coefficient (Wildman–Crippen LogP) is 5.03. The Labute approximate surface area is 177 Å². The van der Waals surface area contributed by atoms with Gasteiger partial charge in [0.25, 0.3) is 11.1 Å². The van der Waals surface area contributed by atoms with Gasteiger partial charge in [0, 0.05) is 17.1 Å². The number of para-hydroxylation sites is 1. The molecule has 1 saturated heterocycles. The summed E-state index contributed by atoms with van der Waals surface area (Å²) < 4.78 is 1.99. The minimum absolute atomic E-state index is 0.219. The normalized spacial score (nSPS) is 15.3. The number of amides is 2. The van der Waals surface area contributed by atoms with Crippen LogP contribution in [0.3, 0.4) is 0 Å². The number of nitrogens with zero attached hydrogens (tertiary/aromatic N) is 2. The number of aromatic nitrogens is 1. The molecule has 0 atom stereocenters. The SMILES string of the molecule is Cc1cc(/C=C2/SC(=O)N(c3ccccc3)C2=O)c(C)n1-c1ccc(C(=O)O)cc1. The number of hydrogen-bond acceptors (Lipinski definition) is 4. The number of aromatic carboxylic acids is 1. The summed E-state index contributed by atoms with van der Waals surface area (Å²) in [4.78, 5) is 37.9. The van der Waals surface area contributed by atoms with Crippen LogP contribution in [0.5, 0.6) is 0 Å². The first kappa shape index (κ1) is 19.7. The van der Waals surface area contributed by atoms with Crippen LogP contribution in [0.15, 0.2) is 65.6 Å². The third-order valence-corrected chi connectivity index (χ3v) is 5.81. The fourth-order valence-corrected chi connectivity index (χ4v) is 4.32. The van der Waals surface area contributed by atoms with Crippen LogP contribution < -0.4 is 4.90 Å². The number of carbonyl (C=O) groups is 3. The zero-order valence-electron chi connectivity index (χ0n) is 16.3. The lowest BCUT2D eigenvalue weighted by Crippen LogP contribution is -2.27. The van der Waals surface area contributed by atoms with Gasteiger partial charge in [0.05, 0.1) is 16.2 Å². The molecule has 0 radical (unpaired) electrons. The summed E-state index contributed by atoms with van der Waals surface area (Å²) >= 11 is 0.920. The second kappa shape index (κ2) is 7.68. The highest BCUT2D eigenvalue weighted by molar-refractivity contribution is 8.19. The van der Waals surface area contributed by atoms with E-state index in [9.17, 15) is 14.4 Å². The molecular formula is C23H18N2O4S. The highest BCUT2D eigenvalue weighted by Crippen LogP contribution is 2.36. The predicted molar refractivity (Wildman–Crippen MR) is 117 cm³/mol. The number of rotatable bonds is 4. The van der Waals surface area contributed by atoms with Gasteiger partial charge in [0.2, 0.25) is 0 Å². The molecule has 1 aromatic heterocycles. The fraction of sp³-hybridized carbons (Fsp3) is 0.0870. The van der Waals surface area contributed by atoms with Crippen molar-refractivity contribution in [3.05, 3.63) is 88.1 Å². The van der Waals surface area contributed by atoms with Crippen LogP contribution in [0.25, 0.3) is 11.8 Å². The van der Waals surface area contributed by atoms with Gasteiger partial charge in [0.15, 0.2) is 0 Å². The van der Waals surface area contributed by atoms with Crippen LogP contribution in [0.2, 0.25) is 0 Å². The zero-order chi connectivity index (χ0) is 21.4. The fourth-order valence-electron chi connectivity index (χ4n) is 3.49. The quantitative estimate of drug-likeness (QED) is 0.601. The molecule has 1 fully saturated rings. The Hall–Kier alpha value is -3.58. The van der Waals surface area contributed by atoms with Gasteiger partial charge in [-0.05, 0) is 79.7 Å². The summed E-state index contributed by atoms with van der Waals surface area (Å²) in [5.74, 6) is -1.32. The molecule has 6 nitrogen and oxygen atoms in total. The maximum absolute atomic E-state index is 12.8. The first-order valence-corrected chi connectivity index (χ1v) is 10.0. The smallest absolute Gasteiger partial charge is 0.335 e. The van der Waals surface area contributed by atoms with E-state index in [4.69, 9.17) is 5.11 Å². The Morgan fingerprint density at radius 3 is 2.27 bits per heavy atom. The monoisotopic (exact) mass is 418 g/mol. The van der Waals surface area contributed by atoms with Gasteiger partial charge in [-0.1, -0.05) is 18.2 Å². The van der Waals surface area contributed by atoms with Crippen LogP contribution in [0.4, 0.5) is 10.5 Å². The van der Waals surface area contributed by atoms with Crippen molar-refractivity contribution in [2.75, 3.05) is 4.90 Å². The molecule has 1 aliphatic heterocycles. The molecule has 1 N–H and O–H groups in total. The molecule has 0 unspecified atom stereocenters. The van der Waals surface area contributed by atoms with E-state index in [1.165, 1.54) is 4.90 Å².